The summed E-state index contributed by atoms with van der Waals surface area (Å²) in [5.74, 6) is 0.699. The number of fused-ring (bicyclic) bond motifs is 3. The molecule has 3 aliphatic heterocycles. The van der Waals surface area contributed by atoms with Crippen molar-refractivity contribution in [2.75, 3.05) is 19.6 Å². The van der Waals surface area contributed by atoms with Gasteiger partial charge < -0.3 is 4.74 Å². The summed E-state index contributed by atoms with van der Waals surface area (Å²) in [6.07, 6.45) is 2.81. The van der Waals surface area contributed by atoms with Crippen molar-refractivity contribution in [3.05, 3.63) is 17.5 Å². The van der Waals surface area contributed by atoms with Crippen LogP contribution in [0.3, 0.4) is 0 Å². The van der Waals surface area contributed by atoms with Gasteiger partial charge in [-0.25, -0.2) is 9.97 Å². The highest BCUT2D eigenvalue weighted by atomic mass is 16.5. The Hall–Kier alpha value is -1.16. The van der Waals surface area contributed by atoms with E-state index in [1.807, 2.05) is 19.9 Å². The van der Waals surface area contributed by atoms with Crippen molar-refractivity contribution in [2.24, 2.45) is 5.92 Å². The minimum Gasteiger partial charge on any atom is -0.458 e. The lowest BCUT2D eigenvalue weighted by Gasteiger charge is -2.43. The van der Waals surface area contributed by atoms with Crippen LogP contribution in [0.1, 0.15) is 24.2 Å². The van der Waals surface area contributed by atoms with Crippen molar-refractivity contribution in [1.29, 1.82) is 0 Å². The summed E-state index contributed by atoms with van der Waals surface area (Å²) in [4.78, 5) is 11.2. The highest BCUT2D eigenvalue weighted by molar-refractivity contribution is 5.11. The number of aryl methyl sites for hydroxylation is 2. The van der Waals surface area contributed by atoms with E-state index in [1.54, 1.807) is 0 Å². The van der Waals surface area contributed by atoms with Gasteiger partial charge in [0.1, 0.15) is 6.10 Å². The molecule has 3 saturated heterocycles. The highest BCUT2D eigenvalue weighted by Gasteiger charge is 2.35. The van der Waals surface area contributed by atoms with Crippen LogP contribution in [0.4, 0.5) is 0 Å². The second kappa shape index (κ2) is 4.26. The summed E-state index contributed by atoms with van der Waals surface area (Å²) < 4.78 is 5.99. The minimum absolute atomic E-state index is 0.290. The number of piperidine rings is 3. The first-order valence-electron chi connectivity index (χ1n) is 6.42. The third-order valence-corrected chi connectivity index (χ3v) is 3.81. The first-order chi connectivity index (χ1) is 8.20. The average Bonchev–Trinajstić information content (AvgIpc) is 2.29. The fraction of sp³-hybridized carbons (Fsp3) is 0.692. The Labute approximate surface area is 102 Å². The summed E-state index contributed by atoms with van der Waals surface area (Å²) in [5.41, 5.74) is 1.96. The van der Waals surface area contributed by atoms with Gasteiger partial charge >= 0.3 is 6.01 Å². The van der Waals surface area contributed by atoms with Crippen molar-refractivity contribution in [3.8, 4) is 6.01 Å². The molecular formula is C13H19N3O. The van der Waals surface area contributed by atoms with E-state index >= 15 is 0 Å². The van der Waals surface area contributed by atoms with E-state index in [1.165, 1.54) is 25.9 Å². The van der Waals surface area contributed by atoms with E-state index in [9.17, 15) is 0 Å². The van der Waals surface area contributed by atoms with E-state index < -0.39 is 0 Å². The Bertz CT molecular complexity index is 393. The Morgan fingerprint density at radius 3 is 2.35 bits per heavy atom. The number of hydrogen-bond donors (Lipinski definition) is 0. The molecule has 0 N–H and O–H groups in total. The molecule has 92 valence electrons. The second-order valence-electron chi connectivity index (χ2n) is 5.23. The summed E-state index contributed by atoms with van der Waals surface area (Å²) in [5, 5.41) is 0. The number of rotatable bonds is 2. The van der Waals surface area contributed by atoms with Crippen LogP contribution in [0.5, 0.6) is 6.01 Å². The topological polar surface area (TPSA) is 38.2 Å². The summed E-state index contributed by atoms with van der Waals surface area (Å²) in [6, 6.07) is 2.53. The fourth-order valence-electron chi connectivity index (χ4n) is 2.93. The number of nitrogens with zero attached hydrogens (tertiary/aromatic N) is 3. The van der Waals surface area contributed by atoms with Gasteiger partial charge in [0.15, 0.2) is 0 Å². The Kier molecular flexibility index (Phi) is 2.74. The zero-order chi connectivity index (χ0) is 11.8. The lowest BCUT2D eigenvalue weighted by atomic mass is 9.86. The molecule has 1 aromatic rings. The molecule has 0 aliphatic carbocycles. The van der Waals surface area contributed by atoms with Crippen molar-refractivity contribution < 1.29 is 4.74 Å². The first kappa shape index (κ1) is 11.0. The van der Waals surface area contributed by atoms with Gasteiger partial charge in [-0.05, 0) is 51.8 Å². The van der Waals surface area contributed by atoms with Crippen molar-refractivity contribution in [3.63, 3.8) is 0 Å². The molecule has 4 rings (SSSR count). The molecule has 0 amide bonds. The van der Waals surface area contributed by atoms with Crippen molar-refractivity contribution in [2.45, 2.75) is 32.8 Å². The molecule has 2 bridgehead atoms. The molecule has 4 nitrogen and oxygen atoms in total. The predicted molar refractivity (Wildman–Crippen MR) is 65.1 cm³/mol. The van der Waals surface area contributed by atoms with Crippen LogP contribution in [0, 0.1) is 19.8 Å². The standard InChI is InChI=1S/C13H19N3O/c1-9-7-10(2)15-13(14-9)17-12-8-16-5-3-11(12)4-6-16/h7,11-12H,3-6,8H2,1-2H3/t12-/m0/s1. The van der Waals surface area contributed by atoms with Gasteiger partial charge in [0, 0.05) is 17.9 Å². The summed E-state index contributed by atoms with van der Waals surface area (Å²) in [6.45, 7) is 7.48. The maximum atomic E-state index is 5.99. The summed E-state index contributed by atoms with van der Waals surface area (Å²) in [7, 11) is 0. The lowest BCUT2D eigenvalue weighted by molar-refractivity contribution is -0.0124. The summed E-state index contributed by atoms with van der Waals surface area (Å²) >= 11 is 0. The molecule has 1 aromatic heterocycles. The molecule has 1 atom stereocenters. The third-order valence-electron chi connectivity index (χ3n) is 3.81. The smallest absolute Gasteiger partial charge is 0.317 e. The van der Waals surface area contributed by atoms with Crippen LogP contribution in [0.15, 0.2) is 6.07 Å². The van der Waals surface area contributed by atoms with Gasteiger partial charge in [-0.2, -0.15) is 0 Å². The van der Waals surface area contributed by atoms with E-state index in [2.05, 4.69) is 14.9 Å². The SMILES string of the molecule is Cc1cc(C)nc(O[C@H]2CN3CCC2CC3)n1. The van der Waals surface area contributed by atoms with Gasteiger partial charge in [-0.15, -0.1) is 0 Å². The van der Waals surface area contributed by atoms with Crippen LogP contribution < -0.4 is 4.74 Å². The largest absolute Gasteiger partial charge is 0.458 e. The van der Waals surface area contributed by atoms with Crippen molar-refractivity contribution >= 4 is 0 Å². The van der Waals surface area contributed by atoms with E-state index in [0.717, 1.165) is 17.9 Å². The van der Waals surface area contributed by atoms with E-state index in [0.29, 0.717) is 18.0 Å². The zero-order valence-electron chi connectivity index (χ0n) is 10.5. The molecular weight excluding hydrogens is 214 g/mol. The van der Waals surface area contributed by atoms with Gasteiger partial charge in [-0.1, -0.05) is 0 Å². The Morgan fingerprint density at radius 1 is 1.18 bits per heavy atom. The first-order valence-corrected chi connectivity index (χ1v) is 6.42. The van der Waals surface area contributed by atoms with Crippen LogP contribution >= 0.6 is 0 Å². The molecule has 3 aliphatic rings. The average molecular weight is 233 g/mol. The van der Waals surface area contributed by atoms with Gasteiger partial charge in [0.2, 0.25) is 0 Å². The van der Waals surface area contributed by atoms with Crippen LogP contribution in [0.25, 0.3) is 0 Å². The molecule has 0 unspecified atom stereocenters. The molecule has 4 heterocycles. The Balaban J connectivity index is 1.74. The van der Waals surface area contributed by atoms with Crippen LogP contribution in [-0.2, 0) is 0 Å². The number of aromatic nitrogens is 2. The van der Waals surface area contributed by atoms with Crippen molar-refractivity contribution in [1.82, 2.24) is 14.9 Å². The maximum Gasteiger partial charge on any atom is 0.317 e. The van der Waals surface area contributed by atoms with Gasteiger partial charge in [-0.3, -0.25) is 4.90 Å². The number of ether oxygens (including phenoxy) is 1. The molecule has 0 saturated carbocycles. The fourth-order valence-corrected chi connectivity index (χ4v) is 2.93. The molecule has 0 aromatic carbocycles. The molecule has 17 heavy (non-hydrogen) atoms. The lowest BCUT2D eigenvalue weighted by Crippen LogP contribution is -2.52. The molecule has 0 spiro atoms. The molecule has 4 heteroatoms. The minimum atomic E-state index is 0.290. The monoisotopic (exact) mass is 233 g/mol. The number of hydrogen-bond acceptors (Lipinski definition) is 4. The third kappa shape index (κ3) is 2.27. The zero-order valence-corrected chi connectivity index (χ0v) is 10.5. The Morgan fingerprint density at radius 2 is 1.82 bits per heavy atom. The molecule has 0 radical (unpaired) electrons. The maximum absolute atomic E-state index is 5.99. The second-order valence-corrected chi connectivity index (χ2v) is 5.23. The van der Waals surface area contributed by atoms with Gasteiger partial charge in [0.05, 0.1) is 0 Å². The predicted octanol–water partition coefficient (Wildman–Crippen LogP) is 1.57. The van der Waals surface area contributed by atoms with Gasteiger partial charge in [0.25, 0.3) is 0 Å². The van der Waals surface area contributed by atoms with E-state index in [4.69, 9.17) is 4.74 Å². The quantitative estimate of drug-likeness (QED) is 0.777. The normalized spacial score (nSPS) is 31.5. The van der Waals surface area contributed by atoms with Crippen LogP contribution in [-0.4, -0.2) is 40.6 Å². The highest BCUT2D eigenvalue weighted by Crippen LogP contribution is 2.29. The van der Waals surface area contributed by atoms with E-state index in [-0.39, 0.29) is 0 Å². The van der Waals surface area contributed by atoms with Crippen LogP contribution in [0.2, 0.25) is 0 Å². The molecule has 3 fully saturated rings.